The SMILES string of the molecule is FC(F)(F)Oc1cccc(-n2ccc3c2NC=NC3)c1. The molecule has 0 aliphatic carbocycles. The molecule has 0 amide bonds. The Morgan fingerprint density at radius 1 is 1.25 bits per heavy atom. The van der Waals surface area contributed by atoms with Gasteiger partial charge in [-0.3, -0.25) is 4.99 Å². The molecule has 20 heavy (non-hydrogen) atoms. The van der Waals surface area contributed by atoms with Crippen LogP contribution in [0, 0.1) is 0 Å². The highest BCUT2D eigenvalue weighted by molar-refractivity contribution is 5.79. The topological polar surface area (TPSA) is 38.5 Å². The molecule has 1 N–H and O–H groups in total. The van der Waals surface area contributed by atoms with Gasteiger partial charge in [0.25, 0.3) is 0 Å². The minimum absolute atomic E-state index is 0.248. The standard InChI is InChI=1S/C13H10F3N3O/c14-13(15,16)20-11-3-1-2-10(6-11)19-5-4-9-7-17-8-18-12(9)19/h1-6,8H,7H2,(H,17,18). The Labute approximate surface area is 112 Å². The predicted octanol–water partition coefficient (Wildman–Crippen LogP) is 3.33. The van der Waals surface area contributed by atoms with E-state index in [1.807, 2.05) is 6.07 Å². The maximum atomic E-state index is 12.2. The van der Waals surface area contributed by atoms with Crippen molar-refractivity contribution in [2.75, 3.05) is 5.32 Å². The molecule has 4 nitrogen and oxygen atoms in total. The van der Waals surface area contributed by atoms with Crippen LogP contribution in [-0.4, -0.2) is 17.3 Å². The average Bonchev–Trinajstić information content (AvgIpc) is 2.81. The molecule has 7 heteroatoms. The van der Waals surface area contributed by atoms with Crippen molar-refractivity contribution < 1.29 is 17.9 Å². The number of nitrogens with one attached hydrogen (secondary N) is 1. The maximum Gasteiger partial charge on any atom is 0.573 e. The van der Waals surface area contributed by atoms with Gasteiger partial charge in [-0.15, -0.1) is 13.2 Å². The first-order valence-corrected chi connectivity index (χ1v) is 5.84. The van der Waals surface area contributed by atoms with Gasteiger partial charge in [-0.2, -0.15) is 0 Å². The van der Waals surface area contributed by atoms with Gasteiger partial charge in [0, 0.05) is 17.8 Å². The van der Waals surface area contributed by atoms with Crippen LogP contribution in [0.4, 0.5) is 19.0 Å². The number of benzene rings is 1. The highest BCUT2D eigenvalue weighted by atomic mass is 19.4. The first-order chi connectivity index (χ1) is 9.53. The summed E-state index contributed by atoms with van der Waals surface area (Å²) in [5, 5.41) is 2.99. The van der Waals surface area contributed by atoms with E-state index in [4.69, 9.17) is 0 Å². The summed E-state index contributed by atoms with van der Waals surface area (Å²) < 4.78 is 42.4. The molecule has 0 fully saturated rings. The summed E-state index contributed by atoms with van der Waals surface area (Å²) in [6.07, 6.45) is -1.35. The lowest BCUT2D eigenvalue weighted by molar-refractivity contribution is -0.274. The highest BCUT2D eigenvalue weighted by Gasteiger charge is 2.31. The van der Waals surface area contributed by atoms with Gasteiger partial charge in [-0.25, -0.2) is 0 Å². The van der Waals surface area contributed by atoms with Crippen LogP contribution in [-0.2, 0) is 6.54 Å². The van der Waals surface area contributed by atoms with E-state index in [-0.39, 0.29) is 5.75 Å². The van der Waals surface area contributed by atoms with Gasteiger partial charge in [-0.05, 0) is 18.2 Å². The fraction of sp³-hybridized carbons (Fsp3) is 0.154. The molecule has 0 saturated carbocycles. The van der Waals surface area contributed by atoms with Gasteiger partial charge in [0.05, 0.1) is 18.6 Å². The van der Waals surface area contributed by atoms with Crippen LogP contribution in [0.3, 0.4) is 0 Å². The minimum atomic E-state index is -4.69. The Hall–Kier alpha value is -2.44. The molecule has 0 unspecified atom stereocenters. The van der Waals surface area contributed by atoms with Gasteiger partial charge < -0.3 is 14.6 Å². The number of alkyl halides is 3. The van der Waals surface area contributed by atoms with E-state index in [1.165, 1.54) is 18.2 Å². The number of rotatable bonds is 2. The quantitative estimate of drug-likeness (QED) is 0.917. The Kier molecular flexibility index (Phi) is 2.89. The number of anilines is 1. The van der Waals surface area contributed by atoms with Gasteiger partial charge in [0.15, 0.2) is 0 Å². The smallest absolute Gasteiger partial charge is 0.406 e. The number of fused-ring (bicyclic) bond motifs is 1. The summed E-state index contributed by atoms with van der Waals surface area (Å²) in [5.74, 6) is 0.547. The predicted molar refractivity (Wildman–Crippen MR) is 68.3 cm³/mol. The van der Waals surface area contributed by atoms with E-state index in [1.54, 1.807) is 23.2 Å². The second kappa shape index (κ2) is 4.59. The lowest BCUT2D eigenvalue weighted by Crippen LogP contribution is -2.17. The van der Waals surface area contributed by atoms with E-state index < -0.39 is 6.36 Å². The van der Waals surface area contributed by atoms with Crippen LogP contribution < -0.4 is 10.1 Å². The third-order valence-corrected chi connectivity index (χ3v) is 2.85. The molecule has 2 aromatic rings. The lowest BCUT2D eigenvalue weighted by Gasteiger charge is -2.14. The van der Waals surface area contributed by atoms with Crippen LogP contribution in [0.25, 0.3) is 5.69 Å². The Morgan fingerprint density at radius 2 is 2.10 bits per heavy atom. The molecule has 0 atom stereocenters. The summed E-state index contributed by atoms with van der Waals surface area (Å²) in [6.45, 7) is 0.550. The zero-order chi connectivity index (χ0) is 14.2. The number of hydrogen-bond donors (Lipinski definition) is 1. The number of halogens is 3. The molecule has 1 aliphatic rings. The summed E-state index contributed by atoms with van der Waals surface area (Å²) in [4.78, 5) is 4.07. The maximum absolute atomic E-state index is 12.2. The van der Waals surface area contributed by atoms with E-state index in [0.717, 1.165) is 11.4 Å². The first-order valence-electron chi connectivity index (χ1n) is 5.84. The highest BCUT2D eigenvalue weighted by Crippen LogP contribution is 2.28. The summed E-state index contributed by atoms with van der Waals surface area (Å²) in [6, 6.07) is 7.69. The molecular formula is C13H10F3N3O. The Morgan fingerprint density at radius 3 is 2.90 bits per heavy atom. The molecule has 1 aliphatic heterocycles. The molecule has 3 rings (SSSR count). The molecule has 1 aromatic heterocycles. The molecule has 1 aromatic carbocycles. The van der Waals surface area contributed by atoms with Crippen molar-refractivity contribution in [2.24, 2.45) is 4.99 Å². The third-order valence-electron chi connectivity index (χ3n) is 2.85. The monoisotopic (exact) mass is 281 g/mol. The van der Waals surface area contributed by atoms with Crippen molar-refractivity contribution in [3.8, 4) is 11.4 Å². The van der Waals surface area contributed by atoms with Crippen LogP contribution in [0.5, 0.6) is 5.75 Å². The number of ether oxygens (including phenoxy) is 1. The van der Waals surface area contributed by atoms with Crippen molar-refractivity contribution >= 4 is 12.2 Å². The second-order valence-corrected chi connectivity index (χ2v) is 4.22. The van der Waals surface area contributed by atoms with Gasteiger partial charge in [0.1, 0.15) is 11.6 Å². The average molecular weight is 281 g/mol. The van der Waals surface area contributed by atoms with Crippen molar-refractivity contribution in [1.82, 2.24) is 4.57 Å². The normalized spacial score (nSPS) is 13.8. The summed E-state index contributed by atoms with van der Waals surface area (Å²) in [7, 11) is 0. The van der Waals surface area contributed by atoms with Crippen LogP contribution >= 0.6 is 0 Å². The van der Waals surface area contributed by atoms with Gasteiger partial charge >= 0.3 is 6.36 Å². The second-order valence-electron chi connectivity index (χ2n) is 4.22. The summed E-state index contributed by atoms with van der Waals surface area (Å²) in [5.41, 5.74) is 1.56. The fourth-order valence-corrected chi connectivity index (χ4v) is 2.06. The fourth-order valence-electron chi connectivity index (χ4n) is 2.06. The number of nitrogens with zero attached hydrogens (tertiary/aromatic N) is 2. The van der Waals surface area contributed by atoms with Gasteiger partial charge in [-0.1, -0.05) is 6.07 Å². The molecule has 0 bridgehead atoms. The van der Waals surface area contributed by atoms with Crippen molar-refractivity contribution in [3.05, 3.63) is 42.1 Å². The number of aliphatic imine (C=N–C) groups is 1. The van der Waals surface area contributed by atoms with Crippen molar-refractivity contribution in [3.63, 3.8) is 0 Å². The minimum Gasteiger partial charge on any atom is -0.406 e. The van der Waals surface area contributed by atoms with E-state index in [9.17, 15) is 13.2 Å². The molecule has 0 radical (unpaired) electrons. The summed E-state index contributed by atoms with van der Waals surface area (Å²) >= 11 is 0. The zero-order valence-corrected chi connectivity index (χ0v) is 10.2. The van der Waals surface area contributed by atoms with E-state index in [0.29, 0.717) is 12.2 Å². The number of aromatic nitrogens is 1. The first kappa shape index (κ1) is 12.6. The number of hydrogen-bond acceptors (Lipinski definition) is 3. The van der Waals surface area contributed by atoms with Crippen molar-refractivity contribution in [2.45, 2.75) is 12.9 Å². The van der Waals surface area contributed by atoms with Crippen molar-refractivity contribution in [1.29, 1.82) is 0 Å². The molecule has 0 spiro atoms. The van der Waals surface area contributed by atoms with Crippen LogP contribution in [0.1, 0.15) is 5.56 Å². The van der Waals surface area contributed by atoms with E-state index in [2.05, 4.69) is 15.0 Å². The molecule has 104 valence electrons. The molecule has 0 saturated heterocycles. The lowest BCUT2D eigenvalue weighted by atomic mass is 10.3. The molecular weight excluding hydrogens is 271 g/mol. The third kappa shape index (κ3) is 2.47. The van der Waals surface area contributed by atoms with E-state index >= 15 is 0 Å². The van der Waals surface area contributed by atoms with Crippen LogP contribution in [0.2, 0.25) is 0 Å². The molecule has 2 heterocycles. The van der Waals surface area contributed by atoms with Gasteiger partial charge in [0.2, 0.25) is 0 Å². The Balaban J connectivity index is 1.95. The largest absolute Gasteiger partial charge is 0.573 e. The van der Waals surface area contributed by atoms with Crippen LogP contribution in [0.15, 0.2) is 41.5 Å². The Bertz CT molecular complexity index is 661. The zero-order valence-electron chi connectivity index (χ0n) is 10.2.